The van der Waals surface area contributed by atoms with Crippen LogP contribution in [0.5, 0.6) is 5.75 Å². The van der Waals surface area contributed by atoms with Crippen LogP contribution in [0.3, 0.4) is 0 Å². The topological polar surface area (TPSA) is 317 Å². The lowest BCUT2D eigenvalue weighted by Crippen LogP contribution is -2.63. The molecular formula is C63H82ClN7O19S. The number of ketones is 1. The molecule has 26 nitrogen and oxygen atoms in total. The first-order chi connectivity index (χ1) is 43.2. The fourth-order valence-electron chi connectivity index (χ4n) is 10.9. The zero-order valence-corrected chi connectivity index (χ0v) is 54.3. The van der Waals surface area contributed by atoms with E-state index in [4.69, 9.17) is 49.6 Å². The lowest BCUT2D eigenvalue weighted by molar-refractivity contribution is -0.196. The highest BCUT2D eigenvalue weighted by Crippen LogP contribution is 2.49. The molecule has 0 radical (unpaired) electrons. The second-order valence-corrected chi connectivity index (χ2v) is 24.9. The van der Waals surface area contributed by atoms with E-state index in [0.29, 0.717) is 34.8 Å². The Kier molecular flexibility index (Phi) is 24.9. The summed E-state index contributed by atoms with van der Waals surface area (Å²) in [7, 11) is 7.29. The maximum absolute atomic E-state index is 14.2. The van der Waals surface area contributed by atoms with E-state index in [9.17, 15) is 53.1 Å². The molecule has 91 heavy (non-hydrogen) atoms. The minimum Gasteiger partial charge on any atom is -0.495 e. The number of rotatable bonds is 19. The summed E-state index contributed by atoms with van der Waals surface area (Å²) in [6.07, 6.45) is 6.27. The molecule has 0 spiro atoms. The SMILES string of the molecule is COc1cc2cc(c1Cl)CC(=O)C[C@H](OC(=O)[C@H](C)N(C)C(=O)CCSC(=O)N(C)CCN(C)C(=O)OCc1ccc(NC(=O)OC3/C=C/CCCCC3)c(NCC(=O)ON3C(=O)CCC3=O)c1)[C@]1(C)O[C@H]1[C@H](C)[C@@H]1C[C@@](O)(NC(=O)O1)[C@H](OC)/C=C/C=C(\C)C2. The molecule has 3 heterocycles. The van der Waals surface area contributed by atoms with Gasteiger partial charge in [-0.2, -0.15) is 0 Å². The quantitative estimate of drug-likeness (QED) is 0.0346. The van der Waals surface area contributed by atoms with Crippen molar-refractivity contribution in [3.05, 3.63) is 88.0 Å². The molecule has 3 saturated heterocycles. The average molecular weight is 1310 g/mol. The summed E-state index contributed by atoms with van der Waals surface area (Å²) in [5.74, 6) is -4.18. The number of aliphatic hydroxyl groups is 1. The lowest BCUT2D eigenvalue weighted by Gasteiger charge is -2.42. The van der Waals surface area contributed by atoms with Crippen LogP contribution in [0.2, 0.25) is 5.02 Å². The maximum atomic E-state index is 14.2. The van der Waals surface area contributed by atoms with Crippen LogP contribution in [-0.4, -0.2) is 192 Å². The van der Waals surface area contributed by atoms with Gasteiger partial charge in [0.2, 0.25) is 5.91 Å². The third kappa shape index (κ3) is 19.2. The number of hydrogen-bond donors (Lipinski definition) is 4. The molecule has 7 amide bonds. The molecule has 2 aliphatic carbocycles. The van der Waals surface area contributed by atoms with Crippen LogP contribution in [0, 0.1) is 5.92 Å². The molecule has 5 aliphatic rings. The van der Waals surface area contributed by atoms with Crippen molar-refractivity contribution in [2.45, 2.75) is 159 Å². The zero-order valence-electron chi connectivity index (χ0n) is 52.7. The average Bonchev–Trinajstić information content (AvgIpc) is 1.58. The number of hydrogen-bond acceptors (Lipinski definition) is 21. The number of nitrogens with one attached hydrogen (secondary N) is 3. The Morgan fingerprint density at radius 2 is 1.68 bits per heavy atom. The Bertz CT molecular complexity index is 3150. The monoisotopic (exact) mass is 1310 g/mol. The molecule has 496 valence electrons. The van der Waals surface area contributed by atoms with Crippen LogP contribution in [0.4, 0.5) is 30.6 Å². The third-order valence-electron chi connectivity index (χ3n) is 16.5. The fraction of sp³-hybridized carbons (Fsp3) is 0.556. The normalized spacial score (nSPS) is 25.8. The first-order valence-corrected chi connectivity index (χ1v) is 31.5. The molecular weight excluding hydrogens is 1230 g/mol. The summed E-state index contributed by atoms with van der Waals surface area (Å²) < 4.78 is 40.6. The van der Waals surface area contributed by atoms with E-state index in [1.807, 2.05) is 31.2 Å². The molecule has 3 fully saturated rings. The van der Waals surface area contributed by atoms with Crippen molar-refractivity contribution >= 4 is 93.7 Å². The van der Waals surface area contributed by atoms with Crippen molar-refractivity contribution in [1.29, 1.82) is 0 Å². The highest BCUT2D eigenvalue weighted by molar-refractivity contribution is 8.13. The zero-order chi connectivity index (χ0) is 66.3. The number of alkyl carbamates (subject to hydrolysis) is 1. The van der Waals surface area contributed by atoms with Crippen molar-refractivity contribution in [2.75, 3.05) is 71.4 Å². The van der Waals surface area contributed by atoms with Gasteiger partial charge in [-0.3, -0.25) is 34.6 Å². The first-order valence-electron chi connectivity index (χ1n) is 30.1. The number of Topliss-reactive ketones (excluding diaryl/α,β-unsaturated/α-hetero) is 1. The van der Waals surface area contributed by atoms with E-state index in [0.717, 1.165) is 48.6 Å². The van der Waals surface area contributed by atoms with Gasteiger partial charge in [-0.15, -0.1) is 5.06 Å². The summed E-state index contributed by atoms with van der Waals surface area (Å²) in [5, 5.41) is 20.2. The van der Waals surface area contributed by atoms with Crippen LogP contribution in [0.25, 0.3) is 0 Å². The van der Waals surface area contributed by atoms with Gasteiger partial charge in [-0.25, -0.2) is 24.0 Å². The Balaban J connectivity index is 0.915. The van der Waals surface area contributed by atoms with E-state index >= 15 is 0 Å². The van der Waals surface area contributed by atoms with E-state index in [-0.39, 0.29) is 86.2 Å². The van der Waals surface area contributed by atoms with Crippen molar-refractivity contribution < 1.29 is 91.0 Å². The Morgan fingerprint density at radius 1 is 0.945 bits per heavy atom. The second kappa shape index (κ2) is 32.0. The molecule has 7 rings (SSSR count). The number of hydroxylamine groups is 2. The number of methoxy groups -OCH3 is 2. The van der Waals surface area contributed by atoms with Gasteiger partial charge in [-0.1, -0.05) is 78.7 Å². The summed E-state index contributed by atoms with van der Waals surface area (Å²) in [4.78, 5) is 140. The highest BCUT2D eigenvalue weighted by atomic mass is 35.5. The summed E-state index contributed by atoms with van der Waals surface area (Å²) in [6, 6.07) is 7.03. The molecule has 0 saturated carbocycles. The van der Waals surface area contributed by atoms with Crippen LogP contribution in [-0.2, 0) is 81.5 Å². The molecule has 9 atom stereocenters. The van der Waals surface area contributed by atoms with Gasteiger partial charge in [0.05, 0.1) is 29.6 Å². The molecule has 4 N–H and O–H groups in total. The smallest absolute Gasteiger partial charge is 0.412 e. The van der Waals surface area contributed by atoms with Crippen molar-refractivity contribution in [2.24, 2.45) is 5.92 Å². The van der Waals surface area contributed by atoms with E-state index in [2.05, 4.69) is 16.0 Å². The van der Waals surface area contributed by atoms with E-state index < -0.39 is 114 Å². The van der Waals surface area contributed by atoms with Gasteiger partial charge in [0.1, 0.15) is 60.7 Å². The molecule has 1 unspecified atom stereocenters. The predicted molar refractivity (Wildman–Crippen MR) is 332 cm³/mol. The van der Waals surface area contributed by atoms with E-state index in [1.54, 1.807) is 38.1 Å². The van der Waals surface area contributed by atoms with Gasteiger partial charge >= 0.3 is 30.2 Å². The number of likely N-dealkylation sites (N-methyl/N-ethyl adjacent to an activating group) is 3. The maximum Gasteiger partial charge on any atom is 0.412 e. The number of benzene rings is 2. The van der Waals surface area contributed by atoms with Crippen molar-refractivity contribution in [3.63, 3.8) is 0 Å². The summed E-state index contributed by atoms with van der Waals surface area (Å²) in [6.45, 7) is 6.15. The van der Waals surface area contributed by atoms with Crippen LogP contribution < -0.4 is 20.7 Å². The van der Waals surface area contributed by atoms with Crippen molar-refractivity contribution in [1.82, 2.24) is 25.1 Å². The van der Waals surface area contributed by atoms with Gasteiger partial charge in [0.15, 0.2) is 5.72 Å². The van der Waals surface area contributed by atoms with Crippen LogP contribution >= 0.6 is 23.4 Å². The number of carbonyl (C=O) groups excluding carboxylic acids is 10. The number of carbonyl (C=O) groups is 10. The van der Waals surface area contributed by atoms with Gasteiger partial charge in [0.25, 0.3) is 17.1 Å². The molecule has 28 heteroatoms. The Labute approximate surface area is 537 Å². The number of epoxide rings is 1. The number of amides is 7. The number of anilines is 2. The number of allylic oxidation sites excluding steroid dienone is 4. The highest BCUT2D eigenvalue weighted by Gasteiger charge is 2.64. The number of halogens is 1. The van der Waals surface area contributed by atoms with Crippen molar-refractivity contribution in [3.8, 4) is 5.75 Å². The number of thioether (sulfide) groups is 1. The number of ether oxygens (including phenoxy) is 7. The molecule has 0 aromatic heterocycles. The third-order valence-corrected chi connectivity index (χ3v) is 17.9. The Morgan fingerprint density at radius 3 is 2.41 bits per heavy atom. The number of esters is 1. The molecule has 2 aromatic carbocycles. The van der Waals surface area contributed by atoms with E-state index in [1.165, 1.54) is 69.1 Å². The Hall–Kier alpha value is -7.72. The van der Waals surface area contributed by atoms with Crippen LogP contribution in [0.15, 0.2) is 66.3 Å². The van der Waals surface area contributed by atoms with Gasteiger partial charge in [0, 0.05) is 91.5 Å². The number of imide groups is 1. The first kappa shape index (κ1) is 70.7. The fourth-order valence-corrected chi connectivity index (χ4v) is 11.9. The minimum absolute atomic E-state index is 0.0278. The standard InChI is InChI=1S/C63H82ClN7O19S/c1-37-16-15-19-49(84-9)63(82)34-48(87-59(79)67-63)38(2)56-62(4,89-56)50(33-43(72)32-42-29-41(28-37)31-47(83-8)55(42)64)88-57(77)39(3)70(7)51(73)24-27-91-61(81)69(6)26-25-68(5)60(80)85-36-40-20-21-45(66-58(78)86-44-17-13-11-10-12-14-18-44)46(30-40)65-35-54(76)90-71-52(74)22-23-53(71)75/h13,15-17,19-21,29-31,38-39,44,48-50,56,65,82H,10-12,14,18,22-28,32-36H2,1-9H3,(H,66,78)(H,67,79)/b17-13+,19-15+,37-16+/t38-,39+,44?,48+,49-,50+,56+,62+,63+/m1/s1. The number of nitrogens with zero attached hydrogens (tertiary/aromatic N) is 4. The summed E-state index contributed by atoms with van der Waals surface area (Å²) >= 11 is 7.64. The van der Waals surface area contributed by atoms with Crippen LogP contribution in [0.1, 0.15) is 109 Å². The molecule has 3 aliphatic heterocycles. The largest absolute Gasteiger partial charge is 0.495 e. The number of fused-ring (bicyclic) bond motifs is 5. The molecule has 2 aromatic rings. The summed E-state index contributed by atoms with van der Waals surface area (Å²) in [5.41, 5.74) is -0.180. The minimum atomic E-state index is -1.90. The lowest BCUT2D eigenvalue weighted by atomic mass is 9.83. The molecule has 4 bridgehead atoms. The second-order valence-electron chi connectivity index (χ2n) is 23.5. The predicted octanol–water partition coefficient (Wildman–Crippen LogP) is 7.56. The van der Waals surface area contributed by atoms with Gasteiger partial charge < -0.3 is 63.1 Å². The van der Waals surface area contributed by atoms with Gasteiger partial charge in [-0.05, 0) is 93.8 Å².